The van der Waals surface area contributed by atoms with Gasteiger partial charge in [-0.25, -0.2) is 14.8 Å². The van der Waals surface area contributed by atoms with Crippen LogP contribution >= 0.6 is 11.3 Å². The van der Waals surface area contributed by atoms with E-state index >= 15 is 0 Å². The van der Waals surface area contributed by atoms with Crippen molar-refractivity contribution in [2.45, 2.75) is 13.1 Å². The normalized spacial score (nSPS) is 13.9. The van der Waals surface area contributed by atoms with E-state index in [4.69, 9.17) is 0 Å². The number of urea groups is 1. The molecule has 0 aliphatic carbocycles. The van der Waals surface area contributed by atoms with E-state index in [1.165, 1.54) is 34.4 Å². The van der Waals surface area contributed by atoms with Gasteiger partial charge in [0.1, 0.15) is 6.54 Å². The summed E-state index contributed by atoms with van der Waals surface area (Å²) in [6, 6.07) is 7.24. The molecule has 1 aliphatic rings. The van der Waals surface area contributed by atoms with Gasteiger partial charge in [-0.05, 0) is 31.2 Å². The Labute approximate surface area is 179 Å². The van der Waals surface area contributed by atoms with Crippen LogP contribution in [0.25, 0.3) is 11.3 Å². The summed E-state index contributed by atoms with van der Waals surface area (Å²) in [6.07, 6.45) is -4.49. The number of halogens is 3. The SMILES string of the molecule is Cc1csc(NC(=O)N2CC(=O)N(C)c3ccc(-c4cccc(C(F)(F)F)c4)nc32)n1. The van der Waals surface area contributed by atoms with Crippen LogP contribution in [0, 0.1) is 6.92 Å². The highest BCUT2D eigenvalue weighted by atomic mass is 32.1. The fourth-order valence-electron chi connectivity index (χ4n) is 3.11. The van der Waals surface area contributed by atoms with Crippen molar-refractivity contribution in [3.8, 4) is 11.3 Å². The molecule has 1 aromatic carbocycles. The Bertz CT molecular complexity index is 1180. The lowest BCUT2D eigenvalue weighted by atomic mass is 10.1. The number of anilines is 3. The maximum Gasteiger partial charge on any atom is 0.416 e. The van der Waals surface area contributed by atoms with Gasteiger partial charge >= 0.3 is 12.2 Å². The number of carbonyl (C=O) groups excluding carboxylic acids is 2. The highest BCUT2D eigenvalue weighted by Crippen LogP contribution is 2.36. The number of pyridine rings is 1. The van der Waals surface area contributed by atoms with Crippen molar-refractivity contribution in [1.29, 1.82) is 0 Å². The summed E-state index contributed by atoms with van der Waals surface area (Å²) in [5.41, 5.74) is 0.798. The van der Waals surface area contributed by atoms with E-state index < -0.39 is 17.8 Å². The number of carbonyl (C=O) groups is 2. The molecule has 3 aromatic rings. The van der Waals surface area contributed by atoms with Gasteiger partial charge < -0.3 is 4.90 Å². The second-order valence-electron chi connectivity index (χ2n) is 6.88. The maximum absolute atomic E-state index is 13.1. The van der Waals surface area contributed by atoms with Crippen LogP contribution in [0.1, 0.15) is 11.3 Å². The Kier molecular flexibility index (Phi) is 5.13. The van der Waals surface area contributed by atoms with Crippen LogP contribution in [0.5, 0.6) is 0 Å². The zero-order chi connectivity index (χ0) is 22.3. The van der Waals surface area contributed by atoms with E-state index in [-0.39, 0.29) is 29.5 Å². The molecule has 11 heteroatoms. The largest absolute Gasteiger partial charge is 0.416 e. The first-order valence-electron chi connectivity index (χ1n) is 9.09. The summed E-state index contributed by atoms with van der Waals surface area (Å²) in [6.45, 7) is 1.52. The summed E-state index contributed by atoms with van der Waals surface area (Å²) in [5, 5.41) is 4.76. The zero-order valence-electron chi connectivity index (χ0n) is 16.4. The van der Waals surface area contributed by atoms with Crippen LogP contribution in [0.3, 0.4) is 0 Å². The number of likely N-dealkylation sites (N-methyl/N-ethyl adjacent to an activating group) is 1. The minimum absolute atomic E-state index is 0.169. The third kappa shape index (κ3) is 4.08. The number of benzene rings is 1. The van der Waals surface area contributed by atoms with Gasteiger partial charge in [0.05, 0.1) is 22.6 Å². The van der Waals surface area contributed by atoms with Crippen molar-refractivity contribution in [2.24, 2.45) is 0 Å². The van der Waals surface area contributed by atoms with E-state index in [0.717, 1.165) is 22.7 Å². The van der Waals surface area contributed by atoms with Crippen molar-refractivity contribution in [1.82, 2.24) is 9.97 Å². The summed E-state index contributed by atoms with van der Waals surface area (Å²) in [7, 11) is 1.55. The van der Waals surface area contributed by atoms with Gasteiger partial charge in [0.15, 0.2) is 10.9 Å². The van der Waals surface area contributed by atoms with Gasteiger partial charge in [-0.2, -0.15) is 13.2 Å². The highest BCUT2D eigenvalue weighted by molar-refractivity contribution is 7.13. The third-order valence-corrected chi connectivity index (χ3v) is 5.58. The summed E-state index contributed by atoms with van der Waals surface area (Å²) in [5.74, 6) is -0.158. The Hall–Kier alpha value is -3.47. The molecule has 3 amide bonds. The predicted molar refractivity (Wildman–Crippen MR) is 111 cm³/mol. The fraction of sp³-hybridized carbons (Fsp3) is 0.200. The average Bonchev–Trinajstić information content (AvgIpc) is 3.14. The number of alkyl halides is 3. The monoisotopic (exact) mass is 447 g/mol. The molecule has 3 heterocycles. The second kappa shape index (κ2) is 7.65. The van der Waals surface area contributed by atoms with Crippen molar-refractivity contribution in [2.75, 3.05) is 28.7 Å². The number of hydrogen-bond acceptors (Lipinski definition) is 5. The molecule has 0 fully saturated rings. The van der Waals surface area contributed by atoms with Gasteiger partial charge in [-0.15, -0.1) is 11.3 Å². The molecule has 0 saturated carbocycles. The number of amides is 3. The molecule has 0 atom stereocenters. The second-order valence-corrected chi connectivity index (χ2v) is 7.74. The first-order chi connectivity index (χ1) is 14.6. The average molecular weight is 447 g/mol. The van der Waals surface area contributed by atoms with E-state index in [1.807, 2.05) is 0 Å². The zero-order valence-corrected chi connectivity index (χ0v) is 17.2. The molecule has 0 saturated heterocycles. The molecule has 7 nitrogen and oxygen atoms in total. The topological polar surface area (TPSA) is 78.4 Å². The molecule has 1 aliphatic heterocycles. The lowest BCUT2D eigenvalue weighted by Crippen LogP contribution is -2.48. The van der Waals surface area contributed by atoms with Crippen LogP contribution in [0.2, 0.25) is 0 Å². The van der Waals surface area contributed by atoms with Crippen molar-refractivity contribution in [3.05, 3.63) is 53.0 Å². The van der Waals surface area contributed by atoms with E-state index in [9.17, 15) is 22.8 Å². The van der Waals surface area contributed by atoms with Gasteiger partial charge in [-0.1, -0.05) is 12.1 Å². The minimum atomic E-state index is -4.49. The Morgan fingerprint density at radius 1 is 1.19 bits per heavy atom. The van der Waals surface area contributed by atoms with Crippen LogP contribution in [0.15, 0.2) is 41.8 Å². The van der Waals surface area contributed by atoms with Crippen molar-refractivity contribution in [3.63, 3.8) is 0 Å². The van der Waals surface area contributed by atoms with Crippen molar-refractivity contribution < 1.29 is 22.8 Å². The number of thiazole rings is 1. The molecular weight excluding hydrogens is 431 g/mol. The number of rotatable bonds is 2. The molecule has 0 spiro atoms. The standard InChI is InChI=1S/C20H16F3N5O2S/c1-11-10-31-18(24-11)26-19(30)28-9-16(29)27(2)15-7-6-14(25-17(15)28)12-4-3-5-13(8-12)20(21,22)23/h3-8,10H,9H2,1-2H3,(H,24,26,30). The molecule has 31 heavy (non-hydrogen) atoms. The Balaban J connectivity index is 1.73. The molecule has 1 N–H and O–H groups in total. The number of nitrogens with one attached hydrogen (secondary N) is 1. The lowest BCUT2D eigenvalue weighted by Gasteiger charge is -2.33. The number of fused-ring (bicyclic) bond motifs is 1. The van der Waals surface area contributed by atoms with Crippen LogP contribution in [-0.4, -0.2) is 35.5 Å². The fourth-order valence-corrected chi connectivity index (χ4v) is 3.78. The van der Waals surface area contributed by atoms with E-state index in [2.05, 4.69) is 15.3 Å². The van der Waals surface area contributed by atoms with Gasteiger partial charge in [0.2, 0.25) is 5.91 Å². The van der Waals surface area contributed by atoms with Gasteiger partial charge in [0, 0.05) is 18.0 Å². The first-order valence-corrected chi connectivity index (χ1v) is 9.97. The molecule has 0 bridgehead atoms. The highest BCUT2D eigenvalue weighted by Gasteiger charge is 2.33. The Morgan fingerprint density at radius 2 is 1.97 bits per heavy atom. The van der Waals surface area contributed by atoms with Crippen LogP contribution in [-0.2, 0) is 11.0 Å². The number of aromatic nitrogens is 2. The number of hydrogen-bond donors (Lipinski definition) is 1. The summed E-state index contributed by atoms with van der Waals surface area (Å²) in [4.78, 5) is 36.3. The molecule has 0 unspecified atom stereocenters. The smallest absolute Gasteiger partial charge is 0.311 e. The molecular formula is C20H16F3N5O2S. The van der Waals surface area contributed by atoms with E-state index in [1.54, 1.807) is 25.4 Å². The van der Waals surface area contributed by atoms with E-state index in [0.29, 0.717) is 10.8 Å². The van der Waals surface area contributed by atoms with Crippen LogP contribution in [0.4, 0.5) is 34.6 Å². The summed E-state index contributed by atoms with van der Waals surface area (Å²) >= 11 is 1.24. The maximum atomic E-state index is 13.1. The third-order valence-electron chi connectivity index (χ3n) is 4.70. The number of nitrogens with zero attached hydrogens (tertiary/aromatic N) is 4. The van der Waals surface area contributed by atoms with Crippen LogP contribution < -0.4 is 15.1 Å². The molecule has 2 aromatic heterocycles. The van der Waals surface area contributed by atoms with Gasteiger partial charge in [0.25, 0.3) is 0 Å². The summed E-state index contributed by atoms with van der Waals surface area (Å²) < 4.78 is 39.3. The van der Waals surface area contributed by atoms with Crippen molar-refractivity contribution >= 4 is 39.9 Å². The first kappa shape index (κ1) is 20.8. The molecule has 160 valence electrons. The predicted octanol–water partition coefficient (Wildman–Crippen LogP) is 4.55. The number of aryl methyl sites for hydroxylation is 1. The molecule has 4 rings (SSSR count). The lowest BCUT2D eigenvalue weighted by molar-refractivity contribution is -0.137. The van der Waals surface area contributed by atoms with Gasteiger partial charge in [-0.3, -0.25) is 15.0 Å². The Morgan fingerprint density at radius 3 is 2.65 bits per heavy atom. The quantitative estimate of drug-likeness (QED) is 0.625. The molecule has 0 radical (unpaired) electrons. The minimum Gasteiger partial charge on any atom is -0.311 e.